The van der Waals surface area contributed by atoms with E-state index in [2.05, 4.69) is 4.98 Å². The number of aromatic amines is 1. The van der Waals surface area contributed by atoms with Crippen LogP contribution >= 0.6 is 0 Å². The number of carbonyl (C=O) groups excluding carboxylic acids is 2. The number of nitrogens with zero attached hydrogens (tertiary/aromatic N) is 1. The lowest BCUT2D eigenvalue weighted by atomic mass is 9.95. The quantitative estimate of drug-likeness (QED) is 0.221. The van der Waals surface area contributed by atoms with Gasteiger partial charge in [0.1, 0.15) is 17.3 Å². The minimum Gasteiger partial charge on any atom is -0.507 e. The van der Waals surface area contributed by atoms with Crippen molar-refractivity contribution >= 4 is 28.4 Å². The molecule has 0 bridgehead atoms. The molecule has 1 aliphatic rings. The van der Waals surface area contributed by atoms with E-state index in [-0.39, 0.29) is 17.9 Å². The number of amides is 1. The predicted octanol–water partition coefficient (Wildman–Crippen LogP) is 5.29. The lowest BCUT2D eigenvalue weighted by molar-refractivity contribution is -0.139. The molecule has 3 aromatic carbocycles. The van der Waals surface area contributed by atoms with Gasteiger partial charge in [0.15, 0.2) is 0 Å². The number of aliphatic hydroxyl groups is 1. The van der Waals surface area contributed by atoms with Crippen LogP contribution < -0.4 is 4.74 Å². The van der Waals surface area contributed by atoms with Gasteiger partial charge in [-0.3, -0.25) is 9.59 Å². The van der Waals surface area contributed by atoms with E-state index < -0.39 is 23.5 Å². The Labute approximate surface area is 207 Å². The van der Waals surface area contributed by atoms with Crippen LogP contribution in [0.25, 0.3) is 16.7 Å². The van der Waals surface area contributed by atoms with Crippen molar-refractivity contribution in [3.63, 3.8) is 0 Å². The van der Waals surface area contributed by atoms with Gasteiger partial charge in [-0.15, -0.1) is 0 Å². The van der Waals surface area contributed by atoms with E-state index in [0.717, 1.165) is 22.0 Å². The molecule has 1 aromatic heterocycles. The van der Waals surface area contributed by atoms with E-state index in [9.17, 15) is 19.1 Å². The average Bonchev–Trinajstić information content (AvgIpc) is 3.40. The first-order valence-corrected chi connectivity index (χ1v) is 11.6. The molecule has 1 aliphatic heterocycles. The van der Waals surface area contributed by atoms with Gasteiger partial charge >= 0.3 is 0 Å². The standard InChI is InChI=1S/C29H25FN2O4/c1-17-3-5-19(6-4-17)27(33)25-26(18-7-9-21(30)10-8-18)32(29(35)28(25)34)14-13-20-16-31-24-12-11-22(36-2)15-23(20)24/h3-12,15-16,26,31,33H,13-14H2,1-2H3/t26-/m1/s1. The fourth-order valence-corrected chi connectivity index (χ4v) is 4.70. The van der Waals surface area contributed by atoms with Crippen LogP contribution in [0.2, 0.25) is 0 Å². The molecule has 0 unspecified atom stereocenters. The molecule has 5 rings (SSSR count). The number of benzene rings is 3. The summed E-state index contributed by atoms with van der Waals surface area (Å²) in [5.74, 6) is -1.42. The van der Waals surface area contributed by atoms with Crippen LogP contribution in [-0.4, -0.2) is 40.3 Å². The molecule has 182 valence electrons. The second kappa shape index (κ2) is 9.34. The minimum absolute atomic E-state index is 0.00365. The van der Waals surface area contributed by atoms with Crippen molar-refractivity contribution in [2.75, 3.05) is 13.7 Å². The summed E-state index contributed by atoms with van der Waals surface area (Å²) in [5.41, 5.74) is 3.87. The van der Waals surface area contributed by atoms with Crippen LogP contribution in [0, 0.1) is 12.7 Å². The molecular formula is C29H25FN2O4. The van der Waals surface area contributed by atoms with Crippen LogP contribution in [0.15, 0.2) is 78.5 Å². The summed E-state index contributed by atoms with van der Waals surface area (Å²) >= 11 is 0. The number of rotatable bonds is 6. The van der Waals surface area contributed by atoms with Gasteiger partial charge in [-0.1, -0.05) is 42.0 Å². The molecule has 1 atom stereocenters. The highest BCUT2D eigenvalue weighted by Crippen LogP contribution is 2.39. The summed E-state index contributed by atoms with van der Waals surface area (Å²) in [6, 6.07) is 17.6. The topological polar surface area (TPSA) is 82.6 Å². The number of ether oxygens (including phenoxy) is 1. The number of aryl methyl sites for hydroxylation is 1. The van der Waals surface area contributed by atoms with Gasteiger partial charge in [0.25, 0.3) is 11.7 Å². The maximum atomic E-state index is 13.7. The summed E-state index contributed by atoms with van der Waals surface area (Å²) in [4.78, 5) is 31.1. The minimum atomic E-state index is -0.841. The van der Waals surface area contributed by atoms with Crippen molar-refractivity contribution in [2.24, 2.45) is 0 Å². The molecule has 0 saturated carbocycles. The SMILES string of the molecule is COc1ccc2[nH]cc(CCN3C(=O)C(=O)C(=C(O)c4ccc(C)cc4)[C@H]3c3ccc(F)cc3)c2c1. The van der Waals surface area contributed by atoms with Crippen LogP contribution in [0.1, 0.15) is 28.3 Å². The van der Waals surface area contributed by atoms with E-state index in [1.807, 2.05) is 43.5 Å². The third kappa shape index (κ3) is 4.13. The number of H-pyrrole nitrogens is 1. The van der Waals surface area contributed by atoms with E-state index in [4.69, 9.17) is 4.74 Å². The fraction of sp³-hybridized carbons (Fsp3) is 0.172. The van der Waals surface area contributed by atoms with Crippen molar-refractivity contribution in [2.45, 2.75) is 19.4 Å². The summed E-state index contributed by atoms with van der Waals surface area (Å²) in [7, 11) is 1.60. The number of fused-ring (bicyclic) bond motifs is 1. The zero-order valence-corrected chi connectivity index (χ0v) is 19.9. The molecule has 1 fully saturated rings. The highest BCUT2D eigenvalue weighted by atomic mass is 19.1. The Kier molecular flexibility index (Phi) is 6.06. The van der Waals surface area contributed by atoms with E-state index in [0.29, 0.717) is 23.3 Å². The van der Waals surface area contributed by atoms with Crippen LogP contribution in [0.4, 0.5) is 4.39 Å². The maximum absolute atomic E-state index is 13.7. The van der Waals surface area contributed by atoms with E-state index in [1.54, 1.807) is 19.2 Å². The van der Waals surface area contributed by atoms with Gasteiger partial charge in [-0.25, -0.2) is 4.39 Å². The number of aromatic nitrogens is 1. The summed E-state index contributed by atoms with van der Waals surface area (Å²) in [6.45, 7) is 2.14. The predicted molar refractivity (Wildman–Crippen MR) is 135 cm³/mol. The Morgan fingerprint density at radius 2 is 1.78 bits per heavy atom. The molecule has 0 aliphatic carbocycles. The molecule has 1 saturated heterocycles. The van der Waals surface area contributed by atoms with Crippen molar-refractivity contribution in [3.05, 3.63) is 107 Å². The third-order valence-corrected chi connectivity index (χ3v) is 6.65. The van der Waals surface area contributed by atoms with Crippen molar-refractivity contribution in [1.82, 2.24) is 9.88 Å². The molecule has 6 nitrogen and oxygen atoms in total. The molecule has 2 N–H and O–H groups in total. The van der Waals surface area contributed by atoms with E-state index in [1.165, 1.54) is 29.2 Å². The Morgan fingerprint density at radius 1 is 1.06 bits per heavy atom. The highest BCUT2D eigenvalue weighted by Gasteiger charge is 2.45. The Morgan fingerprint density at radius 3 is 2.47 bits per heavy atom. The Hall–Kier alpha value is -4.39. The molecular weight excluding hydrogens is 459 g/mol. The van der Waals surface area contributed by atoms with Crippen LogP contribution in [0.3, 0.4) is 0 Å². The molecule has 36 heavy (non-hydrogen) atoms. The second-order valence-electron chi connectivity index (χ2n) is 8.89. The first kappa shape index (κ1) is 23.4. The largest absolute Gasteiger partial charge is 0.507 e. The molecule has 0 spiro atoms. The zero-order chi connectivity index (χ0) is 25.4. The number of Topliss-reactive ketones (excluding diaryl/α,β-unsaturated/α-hetero) is 1. The van der Waals surface area contributed by atoms with Crippen LogP contribution in [0.5, 0.6) is 5.75 Å². The monoisotopic (exact) mass is 484 g/mol. The van der Waals surface area contributed by atoms with Gasteiger partial charge in [-0.2, -0.15) is 0 Å². The molecule has 4 aromatic rings. The summed E-state index contributed by atoms with van der Waals surface area (Å²) < 4.78 is 19.0. The molecule has 0 radical (unpaired) electrons. The van der Waals surface area contributed by atoms with Crippen molar-refractivity contribution in [1.29, 1.82) is 0 Å². The van der Waals surface area contributed by atoms with Crippen molar-refractivity contribution in [3.8, 4) is 5.75 Å². The molecule has 2 heterocycles. The smallest absolute Gasteiger partial charge is 0.295 e. The number of aliphatic hydroxyl groups excluding tert-OH is 1. The highest BCUT2D eigenvalue weighted by molar-refractivity contribution is 6.46. The van der Waals surface area contributed by atoms with Gasteiger partial charge in [0, 0.05) is 29.2 Å². The normalized spacial score (nSPS) is 17.2. The van der Waals surface area contributed by atoms with E-state index >= 15 is 0 Å². The number of nitrogens with one attached hydrogen (secondary N) is 1. The van der Waals surface area contributed by atoms with Crippen molar-refractivity contribution < 1.29 is 23.8 Å². The second-order valence-corrected chi connectivity index (χ2v) is 8.89. The Bertz CT molecular complexity index is 1490. The van der Waals surface area contributed by atoms with Gasteiger partial charge in [0.2, 0.25) is 0 Å². The average molecular weight is 485 g/mol. The maximum Gasteiger partial charge on any atom is 0.295 e. The number of ketones is 1. The summed E-state index contributed by atoms with van der Waals surface area (Å²) in [6.07, 6.45) is 2.34. The number of hydrogen-bond donors (Lipinski definition) is 2. The number of hydrogen-bond acceptors (Lipinski definition) is 4. The lowest BCUT2D eigenvalue weighted by Gasteiger charge is -2.25. The number of likely N-dealkylation sites (tertiary alicyclic amines) is 1. The first-order chi connectivity index (χ1) is 17.4. The molecule has 7 heteroatoms. The number of methoxy groups -OCH3 is 1. The lowest BCUT2D eigenvalue weighted by Crippen LogP contribution is -2.31. The summed E-state index contributed by atoms with van der Waals surface area (Å²) in [5, 5.41) is 12.1. The first-order valence-electron chi connectivity index (χ1n) is 11.6. The Balaban J connectivity index is 1.55. The number of carbonyl (C=O) groups is 2. The van der Waals surface area contributed by atoms with Gasteiger partial charge < -0.3 is 19.7 Å². The third-order valence-electron chi connectivity index (χ3n) is 6.65. The fourth-order valence-electron chi connectivity index (χ4n) is 4.70. The molecule has 1 amide bonds. The van der Waals surface area contributed by atoms with Gasteiger partial charge in [-0.05, 0) is 54.8 Å². The number of halogens is 1. The van der Waals surface area contributed by atoms with Gasteiger partial charge in [0.05, 0.1) is 18.7 Å². The zero-order valence-electron chi connectivity index (χ0n) is 19.9. The van der Waals surface area contributed by atoms with Crippen LogP contribution in [-0.2, 0) is 16.0 Å².